The van der Waals surface area contributed by atoms with Gasteiger partial charge in [0.2, 0.25) is 0 Å². The molecule has 2 aromatic rings. The van der Waals surface area contributed by atoms with E-state index in [-0.39, 0.29) is 6.04 Å². The molecule has 0 aliphatic rings. The molecule has 0 fully saturated rings. The van der Waals surface area contributed by atoms with Crippen LogP contribution in [0, 0.1) is 20.8 Å². The third-order valence-electron chi connectivity index (χ3n) is 3.91. The van der Waals surface area contributed by atoms with Crippen molar-refractivity contribution in [2.45, 2.75) is 39.7 Å². The standard InChI is InChI=1S/C16H24N4/c1-11-6-5-7-14(8-11)9-15(18-17)10-16-12(2)19-20(4)13(16)3/h5-8,15,18H,9-10,17H2,1-4H3. The van der Waals surface area contributed by atoms with Gasteiger partial charge in [-0.3, -0.25) is 16.0 Å². The Balaban J connectivity index is 2.13. The van der Waals surface area contributed by atoms with Gasteiger partial charge in [-0.25, -0.2) is 0 Å². The zero-order valence-electron chi connectivity index (χ0n) is 12.8. The number of nitrogens with two attached hydrogens (primary N) is 1. The summed E-state index contributed by atoms with van der Waals surface area (Å²) < 4.78 is 1.94. The Hall–Kier alpha value is -1.65. The van der Waals surface area contributed by atoms with E-state index in [0.29, 0.717) is 0 Å². The molecule has 0 spiro atoms. The summed E-state index contributed by atoms with van der Waals surface area (Å²) in [4.78, 5) is 0. The van der Waals surface area contributed by atoms with Gasteiger partial charge in [-0.05, 0) is 44.7 Å². The maximum absolute atomic E-state index is 5.74. The molecule has 0 saturated carbocycles. The van der Waals surface area contributed by atoms with Crippen molar-refractivity contribution in [2.24, 2.45) is 12.9 Å². The first-order chi connectivity index (χ1) is 9.51. The van der Waals surface area contributed by atoms with E-state index in [1.165, 1.54) is 22.4 Å². The minimum absolute atomic E-state index is 0.221. The minimum Gasteiger partial charge on any atom is -0.272 e. The van der Waals surface area contributed by atoms with Gasteiger partial charge in [0.15, 0.2) is 0 Å². The SMILES string of the molecule is Cc1cccc(CC(Cc2c(C)nn(C)c2C)NN)c1. The molecule has 2 rings (SSSR count). The van der Waals surface area contributed by atoms with Crippen molar-refractivity contribution in [2.75, 3.05) is 0 Å². The van der Waals surface area contributed by atoms with Crippen LogP contribution in [-0.4, -0.2) is 15.8 Å². The number of hydrogen-bond acceptors (Lipinski definition) is 3. The van der Waals surface area contributed by atoms with Crippen molar-refractivity contribution in [3.05, 3.63) is 52.3 Å². The van der Waals surface area contributed by atoms with Crippen LogP contribution in [0.25, 0.3) is 0 Å². The molecule has 0 saturated heterocycles. The van der Waals surface area contributed by atoms with Gasteiger partial charge in [0.25, 0.3) is 0 Å². The van der Waals surface area contributed by atoms with Crippen LogP contribution in [0.1, 0.15) is 28.1 Å². The van der Waals surface area contributed by atoms with E-state index in [1.54, 1.807) is 0 Å². The Bertz CT molecular complexity index is 586. The molecule has 0 bridgehead atoms. The summed E-state index contributed by atoms with van der Waals surface area (Å²) in [6, 6.07) is 8.80. The zero-order valence-corrected chi connectivity index (χ0v) is 12.8. The lowest BCUT2D eigenvalue weighted by Gasteiger charge is -2.16. The third kappa shape index (κ3) is 3.26. The van der Waals surface area contributed by atoms with Crippen molar-refractivity contribution >= 4 is 0 Å². The van der Waals surface area contributed by atoms with Crippen LogP contribution in [0.5, 0.6) is 0 Å². The molecule has 3 N–H and O–H groups in total. The summed E-state index contributed by atoms with van der Waals surface area (Å²) in [6.07, 6.45) is 1.82. The number of rotatable bonds is 5. The van der Waals surface area contributed by atoms with E-state index in [1.807, 2.05) is 11.7 Å². The molecule has 4 nitrogen and oxygen atoms in total. The topological polar surface area (TPSA) is 55.9 Å². The number of benzene rings is 1. The van der Waals surface area contributed by atoms with Crippen LogP contribution in [-0.2, 0) is 19.9 Å². The summed E-state index contributed by atoms with van der Waals surface area (Å²) in [7, 11) is 1.98. The average molecular weight is 272 g/mol. The number of nitrogens with one attached hydrogen (secondary N) is 1. The number of nitrogens with zero attached hydrogens (tertiary/aromatic N) is 2. The normalized spacial score (nSPS) is 12.7. The van der Waals surface area contributed by atoms with Gasteiger partial charge >= 0.3 is 0 Å². The minimum atomic E-state index is 0.221. The second-order valence-electron chi connectivity index (χ2n) is 5.53. The lowest BCUT2D eigenvalue weighted by Crippen LogP contribution is -2.38. The fraction of sp³-hybridized carbons (Fsp3) is 0.438. The number of aryl methyl sites for hydroxylation is 3. The Morgan fingerprint density at radius 3 is 2.55 bits per heavy atom. The van der Waals surface area contributed by atoms with E-state index < -0.39 is 0 Å². The molecule has 0 radical (unpaired) electrons. The van der Waals surface area contributed by atoms with Crippen LogP contribution in [0.3, 0.4) is 0 Å². The Labute approximate surface area is 121 Å². The summed E-state index contributed by atoms with van der Waals surface area (Å²) in [5, 5.41) is 4.47. The van der Waals surface area contributed by atoms with Crippen molar-refractivity contribution in [3.8, 4) is 0 Å². The predicted molar refractivity (Wildman–Crippen MR) is 82.4 cm³/mol. The molecule has 1 aromatic carbocycles. The first-order valence-electron chi connectivity index (χ1n) is 7.02. The van der Waals surface area contributed by atoms with Gasteiger partial charge in [-0.2, -0.15) is 5.10 Å². The molecular weight excluding hydrogens is 248 g/mol. The smallest absolute Gasteiger partial charge is 0.0628 e. The van der Waals surface area contributed by atoms with Gasteiger partial charge in [0.1, 0.15) is 0 Å². The van der Waals surface area contributed by atoms with Crippen LogP contribution in [0.4, 0.5) is 0 Å². The lowest BCUT2D eigenvalue weighted by atomic mass is 9.97. The number of aromatic nitrogens is 2. The Morgan fingerprint density at radius 1 is 1.25 bits per heavy atom. The molecule has 1 aromatic heterocycles. The second-order valence-corrected chi connectivity index (χ2v) is 5.53. The lowest BCUT2D eigenvalue weighted by molar-refractivity contribution is 0.520. The highest BCUT2D eigenvalue weighted by atomic mass is 15.3. The number of hydrazine groups is 1. The van der Waals surface area contributed by atoms with Crippen LogP contribution in [0.15, 0.2) is 24.3 Å². The van der Waals surface area contributed by atoms with Gasteiger partial charge in [0, 0.05) is 18.8 Å². The van der Waals surface area contributed by atoms with E-state index in [2.05, 4.69) is 55.6 Å². The average Bonchev–Trinajstić information content (AvgIpc) is 2.64. The summed E-state index contributed by atoms with van der Waals surface area (Å²) in [5.74, 6) is 5.74. The quantitative estimate of drug-likeness (QED) is 0.646. The molecule has 0 amide bonds. The van der Waals surface area contributed by atoms with Crippen LogP contribution < -0.4 is 11.3 Å². The third-order valence-corrected chi connectivity index (χ3v) is 3.91. The molecule has 0 aliphatic carbocycles. The fourth-order valence-electron chi connectivity index (χ4n) is 2.67. The van der Waals surface area contributed by atoms with E-state index >= 15 is 0 Å². The van der Waals surface area contributed by atoms with Gasteiger partial charge in [0.05, 0.1) is 5.69 Å². The van der Waals surface area contributed by atoms with E-state index in [9.17, 15) is 0 Å². The second kappa shape index (κ2) is 6.20. The zero-order chi connectivity index (χ0) is 14.7. The highest BCUT2D eigenvalue weighted by molar-refractivity contribution is 5.27. The Kier molecular flexibility index (Phi) is 4.57. The van der Waals surface area contributed by atoms with Gasteiger partial charge in [-0.1, -0.05) is 29.8 Å². The maximum atomic E-state index is 5.74. The molecule has 1 heterocycles. The molecule has 0 aliphatic heterocycles. The highest BCUT2D eigenvalue weighted by Gasteiger charge is 2.15. The fourth-order valence-corrected chi connectivity index (χ4v) is 2.67. The van der Waals surface area contributed by atoms with Crippen molar-refractivity contribution in [1.29, 1.82) is 0 Å². The largest absolute Gasteiger partial charge is 0.272 e. The molecule has 1 unspecified atom stereocenters. The van der Waals surface area contributed by atoms with Crippen LogP contribution in [0.2, 0.25) is 0 Å². The monoisotopic (exact) mass is 272 g/mol. The van der Waals surface area contributed by atoms with Crippen molar-refractivity contribution in [3.63, 3.8) is 0 Å². The van der Waals surface area contributed by atoms with Gasteiger partial charge < -0.3 is 0 Å². The van der Waals surface area contributed by atoms with Gasteiger partial charge in [-0.15, -0.1) is 0 Å². The summed E-state index contributed by atoms with van der Waals surface area (Å²) in [6.45, 7) is 6.28. The molecular formula is C16H24N4. The maximum Gasteiger partial charge on any atom is 0.0628 e. The first kappa shape index (κ1) is 14.8. The Morgan fingerprint density at radius 2 is 2.00 bits per heavy atom. The van der Waals surface area contributed by atoms with E-state index in [0.717, 1.165) is 18.5 Å². The summed E-state index contributed by atoms with van der Waals surface area (Å²) >= 11 is 0. The first-order valence-corrected chi connectivity index (χ1v) is 7.02. The van der Waals surface area contributed by atoms with Crippen molar-refractivity contribution in [1.82, 2.24) is 15.2 Å². The molecule has 1 atom stereocenters. The molecule has 108 valence electrons. The summed E-state index contributed by atoms with van der Waals surface area (Å²) in [5.41, 5.74) is 9.14. The molecule has 4 heteroatoms. The van der Waals surface area contributed by atoms with E-state index in [4.69, 9.17) is 5.84 Å². The van der Waals surface area contributed by atoms with Crippen LogP contribution >= 0.6 is 0 Å². The molecule has 20 heavy (non-hydrogen) atoms. The highest BCUT2D eigenvalue weighted by Crippen LogP contribution is 2.16. The van der Waals surface area contributed by atoms with Crippen molar-refractivity contribution < 1.29 is 0 Å². The predicted octanol–water partition coefficient (Wildman–Crippen LogP) is 1.96. The number of hydrogen-bond donors (Lipinski definition) is 2.